The van der Waals surface area contributed by atoms with Crippen LogP contribution >= 0.6 is 0 Å². The van der Waals surface area contributed by atoms with Crippen molar-refractivity contribution in [2.75, 3.05) is 41.1 Å². The molecule has 11 nitrogen and oxygen atoms in total. The molecule has 0 aliphatic heterocycles. The van der Waals surface area contributed by atoms with Crippen LogP contribution in [-0.2, 0) is 46.7 Å². The molecular weight excluding hydrogens is 502 g/mol. The molecule has 0 unspecified atom stereocenters. The minimum Gasteiger partial charge on any atom is -0.458 e. The summed E-state index contributed by atoms with van der Waals surface area (Å²) < 4.78 is 30.4. The van der Waals surface area contributed by atoms with E-state index < -0.39 is 44.3 Å². The standard InChI is InChI=1S/C19H27NO7.C6H16O3Si/c1-7-8-9-20-16(21)14(6)19(24)27-15(10-25-17(22)12(2)3)11-26-18(23)13(4)5;1-5-6-10(7-2,8-3)9-4/h15H,2,4,6-11H2,1,3,5H3,(H,20,21);5-6H2,1-4H3. The van der Waals surface area contributed by atoms with Crippen molar-refractivity contribution >= 4 is 32.6 Å². The third-order valence-electron chi connectivity index (χ3n) is 4.60. The van der Waals surface area contributed by atoms with Crippen molar-refractivity contribution in [1.29, 1.82) is 0 Å². The molecule has 0 bridgehead atoms. The lowest BCUT2D eigenvalue weighted by atomic mass is 10.2. The third kappa shape index (κ3) is 15.8. The zero-order valence-electron chi connectivity index (χ0n) is 23.2. The van der Waals surface area contributed by atoms with Gasteiger partial charge in [0.15, 0.2) is 6.10 Å². The molecule has 0 fully saturated rings. The summed E-state index contributed by atoms with van der Waals surface area (Å²) >= 11 is 0. The average Bonchev–Trinajstić information content (AvgIpc) is 2.88. The predicted octanol–water partition coefficient (Wildman–Crippen LogP) is 2.88. The molecule has 1 N–H and O–H groups in total. The minimum atomic E-state index is -2.22. The second-order valence-corrected chi connectivity index (χ2v) is 11.0. The number of ether oxygens (including phenoxy) is 3. The van der Waals surface area contributed by atoms with Gasteiger partial charge in [-0.2, -0.15) is 0 Å². The van der Waals surface area contributed by atoms with Crippen LogP contribution in [-0.4, -0.2) is 79.8 Å². The number of carbonyl (C=O) groups excluding carboxylic acids is 4. The van der Waals surface area contributed by atoms with Crippen LogP contribution in [0.3, 0.4) is 0 Å². The van der Waals surface area contributed by atoms with Crippen molar-refractivity contribution in [3.05, 3.63) is 36.5 Å². The van der Waals surface area contributed by atoms with Crippen LogP contribution in [0.4, 0.5) is 0 Å². The van der Waals surface area contributed by atoms with Gasteiger partial charge in [0.1, 0.15) is 18.8 Å². The SMILES string of the molecule is C=C(C)C(=O)OCC(COC(=O)C(=C)C)OC(=O)C(=C)C(=O)NCCCC.CCC[Si](OC)(OC)OC. The summed E-state index contributed by atoms with van der Waals surface area (Å²) in [5, 5.41) is 2.53. The number of hydrogen-bond donors (Lipinski definition) is 1. The molecule has 0 aliphatic rings. The number of hydrogen-bond acceptors (Lipinski definition) is 10. The molecule has 0 rings (SSSR count). The summed E-state index contributed by atoms with van der Waals surface area (Å²) in [6.07, 6.45) is 1.54. The van der Waals surface area contributed by atoms with Gasteiger partial charge >= 0.3 is 26.7 Å². The highest BCUT2D eigenvalue weighted by atomic mass is 28.4. The van der Waals surface area contributed by atoms with E-state index in [-0.39, 0.29) is 24.4 Å². The Kier molecular flexibility index (Phi) is 19.9. The summed E-state index contributed by atoms with van der Waals surface area (Å²) in [4.78, 5) is 46.9. The van der Waals surface area contributed by atoms with Crippen LogP contribution in [0.15, 0.2) is 36.5 Å². The third-order valence-corrected chi connectivity index (χ3v) is 7.58. The van der Waals surface area contributed by atoms with E-state index in [9.17, 15) is 19.2 Å². The predicted molar refractivity (Wildman–Crippen MR) is 140 cm³/mol. The maximum Gasteiger partial charge on any atom is 0.500 e. The number of nitrogens with one attached hydrogen (secondary N) is 1. The molecule has 37 heavy (non-hydrogen) atoms. The zero-order valence-corrected chi connectivity index (χ0v) is 24.2. The lowest BCUT2D eigenvalue weighted by Gasteiger charge is -2.23. The van der Waals surface area contributed by atoms with Crippen molar-refractivity contribution in [2.45, 2.75) is 59.1 Å². The van der Waals surface area contributed by atoms with Crippen LogP contribution in [0, 0.1) is 0 Å². The highest BCUT2D eigenvalue weighted by Crippen LogP contribution is 2.13. The summed E-state index contributed by atoms with van der Waals surface area (Å²) in [6, 6.07) is 0.885. The molecule has 0 saturated carbocycles. The fraction of sp³-hybridized carbons (Fsp3) is 0.600. The maximum atomic E-state index is 12.1. The maximum absolute atomic E-state index is 12.1. The number of esters is 3. The quantitative estimate of drug-likeness (QED) is 0.0553. The van der Waals surface area contributed by atoms with Gasteiger partial charge in [-0.25, -0.2) is 14.4 Å². The van der Waals surface area contributed by atoms with Crippen molar-refractivity contribution < 1.29 is 46.7 Å². The van der Waals surface area contributed by atoms with E-state index >= 15 is 0 Å². The topological polar surface area (TPSA) is 136 Å². The molecular formula is C25H43NO10Si. The van der Waals surface area contributed by atoms with Gasteiger partial charge in [0.25, 0.3) is 5.91 Å². The van der Waals surface area contributed by atoms with Gasteiger partial charge < -0.3 is 32.8 Å². The monoisotopic (exact) mass is 545 g/mol. The molecule has 0 aliphatic carbocycles. The molecule has 0 aromatic carbocycles. The second-order valence-electron chi connectivity index (χ2n) is 7.92. The number of unbranched alkanes of at least 4 members (excludes halogenated alkanes) is 1. The van der Waals surface area contributed by atoms with Gasteiger partial charge in [0.05, 0.1) is 0 Å². The lowest BCUT2D eigenvalue weighted by Crippen LogP contribution is -2.42. The van der Waals surface area contributed by atoms with Crippen molar-refractivity contribution in [3.8, 4) is 0 Å². The van der Waals surface area contributed by atoms with Gasteiger partial charge in [0, 0.05) is 45.1 Å². The first-order valence-corrected chi connectivity index (χ1v) is 13.8. The Morgan fingerprint density at radius 1 is 0.784 bits per heavy atom. The first kappa shape index (κ1) is 36.4. The van der Waals surface area contributed by atoms with Gasteiger partial charge in [-0.15, -0.1) is 0 Å². The summed E-state index contributed by atoms with van der Waals surface area (Å²) in [6.45, 7) is 16.8. The van der Waals surface area contributed by atoms with Gasteiger partial charge in [0.2, 0.25) is 0 Å². The normalized spacial score (nSPS) is 10.5. The molecule has 12 heteroatoms. The second kappa shape index (κ2) is 20.3. The van der Waals surface area contributed by atoms with Crippen LogP contribution in [0.2, 0.25) is 6.04 Å². The van der Waals surface area contributed by atoms with Crippen LogP contribution in [0.1, 0.15) is 47.0 Å². The van der Waals surface area contributed by atoms with Crippen molar-refractivity contribution in [3.63, 3.8) is 0 Å². The molecule has 0 radical (unpaired) electrons. The Labute approximate surface area is 221 Å². The fourth-order valence-corrected chi connectivity index (χ4v) is 4.09. The lowest BCUT2D eigenvalue weighted by molar-refractivity contribution is -0.162. The number of rotatable bonds is 17. The van der Waals surface area contributed by atoms with E-state index in [1.807, 2.05) is 6.92 Å². The Bertz CT molecular complexity index is 754. The molecule has 0 aromatic rings. The largest absolute Gasteiger partial charge is 0.500 e. The first-order chi connectivity index (χ1) is 17.3. The van der Waals surface area contributed by atoms with E-state index in [0.29, 0.717) is 6.54 Å². The van der Waals surface area contributed by atoms with Gasteiger partial charge in [-0.1, -0.05) is 46.4 Å². The van der Waals surface area contributed by atoms with Gasteiger partial charge in [-0.05, 0) is 20.3 Å². The smallest absolute Gasteiger partial charge is 0.458 e. The minimum absolute atomic E-state index is 0.152. The first-order valence-electron chi connectivity index (χ1n) is 11.8. The number of carbonyl (C=O) groups is 4. The van der Waals surface area contributed by atoms with E-state index in [0.717, 1.165) is 25.3 Å². The summed E-state index contributed by atoms with van der Waals surface area (Å²) in [5.74, 6) is -3.06. The van der Waals surface area contributed by atoms with Crippen LogP contribution < -0.4 is 5.32 Å². The number of amides is 1. The molecule has 1 amide bonds. The summed E-state index contributed by atoms with van der Waals surface area (Å²) in [5.41, 5.74) is -0.106. The fourth-order valence-electron chi connectivity index (χ4n) is 2.36. The van der Waals surface area contributed by atoms with Crippen LogP contribution in [0.25, 0.3) is 0 Å². The molecule has 0 saturated heterocycles. The molecule has 0 atom stereocenters. The van der Waals surface area contributed by atoms with E-state index in [2.05, 4.69) is 32.0 Å². The highest BCUT2D eigenvalue weighted by molar-refractivity contribution is 6.60. The van der Waals surface area contributed by atoms with Crippen molar-refractivity contribution in [1.82, 2.24) is 5.32 Å². The molecule has 0 aromatic heterocycles. The Morgan fingerprint density at radius 3 is 1.57 bits per heavy atom. The summed E-state index contributed by atoms with van der Waals surface area (Å²) in [7, 11) is 2.68. The Balaban J connectivity index is 0. The van der Waals surface area contributed by atoms with Crippen molar-refractivity contribution in [2.24, 2.45) is 0 Å². The van der Waals surface area contributed by atoms with E-state index in [4.69, 9.17) is 27.5 Å². The zero-order chi connectivity index (χ0) is 29.0. The average molecular weight is 546 g/mol. The molecule has 212 valence electrons. The molecule has 0 spiro atoms. The Hall–Kier alpha value is -2.80. The van der Waals surface area contributed by atoms with Crippen LogP contribution in [0.5, 0.6) is 0 Å². The van der Waals surface area contributed by atoms with Gasteiger partial charge in [-0.3, -0.25) is 4.79 Å². The highest BCUT2D eigenvalue weighted by Gasteiger charge is 2.36. The Morgan fingerprint density at radius 2 is 1.24 bits per heavy atom. The van der Waals surface area contributed by atoms with E-state index in [1.54, 1.807) is 21.3 Å². The van der Waals surface area contributed by atoms with E-state index in [1.165, 1.54) is 13.8 Å². The molecule has 0 heterocycles.